The van der Waals surface area contributed by atoms with E-state index in [0.717, 1.165) is 6.07 Å². The van der Waals surface area contributed by atoms with Gasteiger partial charge in [0.05, 0.1) is 16.3 Å². The maximum Gasteiger partial charge on any atom is 0.418 e. The van der Waals surface area contributed by atoms with Crippen molar-refractivity contribution in [2.24, 2.45) is 11.8 Å². The molecule has 0 radical (unpaired) electrons. The lowest BCUT2D eigenvalue weighted by Gasteiger charge is -2.32. The van der Waals surface area contributed by atoms with E-state index < -0.39 is 17.6 Å². The van der Waals surface area contributed by atoms with Crippen molar-refractivity contribution in [1.29, 1.82) is 0 Å². The van der Waals surface area contributed by atoms with Gasteiger partial charge in [0.15, 0.2) is 0 Å². The topological polar surface area (TPSA) is 41.1 Å². The molecule has 2 rings (SSSR count). The first-order chi connectivity index (χ1) is 9.30. The Kier molecular flexibility index (Phi) is 4.25. The molecule has 1 fully saturated rings. The van der Waals surface area contributed by atoms with Gasteiger partial charge in [-0.05, 0) is 31.1 Å². The molecule has 1 aliphatic rings. The fourth-order valence-electron chi connectivity index (χ4n) is 2.00. The molecule has 0 bridgehead atoms. The van der Waals surface area contributed by atoms with Crippen molar-refractivity contribution in [1.82, 2.24) is 5.32 Å². The number of alkyl halides is 3. The lowest BCUT2D eigenvalue weighted by atomic mass is 9.88. The minimum absolute atomic E-state index is 0.118. The molecule has 1 heterocycles. The molecule has 3 nitrogen and oxygen atoms in total. The van der Waals surface area contributed by atoms with E-state index in [4.69, 9.17) is 11.6 Å². The molecule has 7 heteroatoms. The number of rotatable bonds is 3. The lowest BCUT2D eigenvalue weighted by Crippen LogP contribution is -2.48. The van der Waals surface area contributed by atoms with Crippen LogP contribution in [-0.2, 0) is 11.0 Å². The van der Waals surface area contributed by atoms with E-state index in [1.165, 1.54) is 12.1 Å². The zero-order valence-electron chi connectivity index (χ0n) is 10.7. The molecule has 1 aromatic rings. The Morgan fingerprint density at radius 2 is 2.10 bits per heavy atom. The molecule has 0 spiro atoms. The summed E-state index contributed by atoms with van der Waals surface area (Å²) in [5.74, 6) is -0.671. The Bertz CT molecular complexity index is 515. The highest BCUT2D eigenvalue weighted by molar-refractivity contribution is 6.34. The molecule has 1 atom stereocenters. The van der Waals surface area contributed by atoms with Gasteiger partial charge in [0.2, 0.25) is 5.91 Å². The molecule has 1 amide bonds. The summed E-state index contributed by atoms with van der Waals surface area (Å²) < 4.78 is 38.7. The standard InChI is InChI=1S/C13H14ClF3N2O/c1-7(8-5-18-6-8)12(20)19-11-9(13(15,16)17)3-2-4-10(11)14/h2-4,7-8,18H,5-6H2,1H3,(H,19,20). The van der Waals surface area contributed by atoms with Crippen LogP contribution in [0.5, 0.6) is 0 Å². The van der Waals surface area contributed by atoms with Gasteiger partial charge in [-0.2, -0.15) is 13.2 Å². The molecule has 0 aliphatic carbocycles. The monoisotopic (exact) mass is 306 g/mol. The first-order valence-electron chi connectivity index (χ1n) is 6.18. The SMILES string of the molecule is CC(C(=O)Nc1c(Cl)cccc1C(F)(F)F)C1CNC1. The van der Waals surface area contributed by atoms with E-state index in [1.807, 2.05) is 0 Å². The third-order valence-corrected chi connectivity index (χ3v) is 3.82. The maximum atomic E-state index is 12.9. The first-order valence-corrected chi connectivity index (χ1v) is 6.55. The molecule has 20 heavy (non-hydrogen) atoms. The zero-order valence-corrected chi connectivity index (χ0v) is 11.5. The van der Waals surface area contributed by atoms with Crippen molar-refractivity contribution in [3.8, 4) is 0 Å². The number of carbonyl (C=O) groups excluding carboxylic acids is 1. The third-order valence-electron chi connectivity index (χ3n) is 3.50. The number of halogens is 4. The fraction of sp³-hybridized carbons (Fsp3) is 0.462. The zero-order chi connectivity index (χ0) is 14.9. The van der Waals surface area contributed by atoms with Gasteiger partial charge in [0, 0.05) is 5.92 Å². The average Bonchev–Trinajstić information content (AvgIpc) is 2.27. The third kappa shape index (κ3) is 3.07. The van der Waals surface area contributed by atoms with Crippen LogP contribution in [0.4, 0.5) is 18.9 Å². The Hall–Kier alpha value is -1.27. The summed E-state index contributed by atoms with van der Waals surface area (Å²) in [6.07, 6.45) is -4.56. The molecule has 2 N–H and O–H groups in total. The van der Waals surface area contributed by atoms with Crippen LogP contribution in [0.25, 0.3) is 0 Å². The second-order valence-electron chi connectivity index (χ2n) is 4.86. The molecule has 1 unspecified atom stereocenters. The second-order valence-corrected chi connectivity index (χ2v) is 5.26. The average molecular weight is 307 g/mol. The van der Waals surface area contributed by atoms with Crippen LogP contribution in [0.2, 0.25) is 5.02 Å². The van der Waals surface area contributed by atoms with Crippen LogP contribution in [0.3, 0.4) is 0 Å². The van der Waals surface area contributed by atoms with Gasteiger partial charge in [-0.1, -0.05) is 24.6 Å². The largest absolute Gasteiger partial charge is 0.418 e. The summed E-state index contributed by atoms with van der Waals surface area (Å²) in [4.78, 5) is 12.0. The molecule has 1 aliphatic heterocycles. The molecule has 1 saturated heterocycles. The van der Waals surface area contributed by atoms with E-state index in [-0.39, 0.29) is 22.5 Å². The first kappa shape index (κ1) is 15.1. The summed E-state index contributed by atoms with van der Waals surface area (Å²) in [6, 6.07) is 3.43. The lowest BCUT2D eigenvalue weighted by molar-refractivity contribution is -0.137. The number of benzene rings is 1. The fourth-order valence-corrected chi connectivity index (χ4v) is 2.22. The van der Waals surface area contributed by atoms with Crippen LogP contribution < -0.4 is 10.6 Å². The van der Waals surface area contributed by atoms with Crippen molar-refractivity contribution < 1.29 is 18.0 Å². The van der Waals surface area contributed by atoms with E-state index in [1.54, 1.807) is 6.92 Å². The molecular formula is C13H14ClF3N2O. The normalized spacial score (nSPS) is 17.4. The number of anilines is 1. The summed E-state index contributed by atoms with van der Waals surface area (Å²) in [5, 5.41) is 5.22. The summed E-state index contributed by atoms with van der Waals surface area (Å²) in [6.45, 7) is 3.09. The van der Waals surface area contributed by atoms with Crippen LogP contribution in [0.15, 0.2) is 18.2 Å². The molecule has 110 valence electrons. The summed E-state index contributed by atoms with van der Waals surface area (Å²) in [7, 11) is 0. The number of nitrogens with one attached hydrogen (secondary N) is 2. The number of hydrogen-bond donors (Lipinski definition) is 2. The predicted octanol–water partition coefficient (Wildman–Crippen LogP) is 3.15. The van der Waals surface area contributed by atoms with Gasteiger partial charge in [-0.3, -0.25) is 4.79 Å². The highest BCUT2D eigenvalue weighted by Crippen LogP contribution is 2.38. The molecule has 0 aromatic heterocycles. The maximum absolute atomic E-state index is 12.9. The van der Waals surface area contributed by atoms with Crippen molar-refractivity contribution in [3.05, 3.63) is 28.8 Å². The van der Waals surface area contributed by atoms with Crippen molar-refractivity contribution in [3.63, 3.8) is 0 Å². The van der Waals surface area contributed by atoms with E-state index in [9.17, 15) is 18.0 Å². The molecular weight excluding hydrogens is 293 g/mol. The van der Waals surface area contributed by atoms with Crippen LogP contribution in [-0.4, -0.2) is 19.0 Å². The Balaban J connectivity index is 2.22. The van der Waals surface area contributed by atoms with Gasteiger partial charge >= 0.3 is 6.18 Å². The summed E-state index contributed by atoms with van der Waals surface area (Å²) >= 11 is 5.78. The molecule has 1 aromatic carbocycles. The number of hydrogen-bond acceptors (Lipinski definition) is 2. The van der Waals surface area contributed by atoms with Gasteiger partial charge < -0.3 is 10.6 Å². The van der Waals surface area contributed by atoms with Crippen LogP contribution in [0.1, 0.15) is 12.5 Å². The second kappa shape index (κ2) is 5.61. The van der Waals surface area contributed by atoms with Crippen molar-refractivity contribution in [2.45, 2.75) is 13.1 Å². The number of para-hydroxylation sites is 1. The quantitative estimate of drug-likeness (QED) is 0.900. The minimum Gasteiger partial charge on any atom is -0.324 e. The Morgan fingerprint density at radius 1 is 1.45 bits per heavy atom. The highest BCUT2D eigenvalue weighted by Gasteiger charge is 2.36. The van der Waals surface area contributed by atoms with Crippen molar-refractivity contribution >= 4 is 23.2 Å². The van der Waals surface area contributed by atoms with Gasteiger partial charge in [0.25, 0.3) is 0 Å². The molecule has 0 saturated carbocycles. The highest BCUT2D eigenvalue weighted by atomic mass is 35.5. The van der Waals surface area contributed by atoms with Crippen molar-refractivity contribution in [2.75, 3.05) is 18.4 Å². The smallest absolute Gasteiger partial charge is 0.324 e. The van der Waals surface area contributed by atoms with Gasteiger partial charge in [-0.25, -0.2) is 0 Å². The van der Waals surface area contributed by atoms with E-state index in [2.05, 4.69) is 10.6 Å². The number of amides is 1. The number of carbonyl (C=O) groups is 1. The minimum atomic E-state index is -4.56. The van der Waals surface area contributed by atoms with E-state index in [0.29, 0.717) is 13.1 Å². The summed E-state index contributed by atoms with van der Waals surface area (Å²) in [5.41, 5.74) is -1.30. The van der Waals surface area contributed by atoms with E-state index >= 15 is 0 Å². The van der Waals surface area contributed by atoms with Gasteiger partial charge in [-0.15, -0.1) is 0 Å². The Morgan fingerprint density at radius 3 is 2.60 bits per heavy atom. The van der Waals surface area contributed by atoms with Crippen LogP contribution >= 0.6 is 11.6 Å². The Labute approximate surface area is 119 Å². The van der Waals surface area contributed by atoms with Gasteiger partial charge in [0.1, 0.15) is 0 Å². The van der Waals surface area contributed by atoms with Crippen LogP contribution in [0, 0.1) is 11.8 Å². The predicted molar refractivity (Wildman–Crippen MR) is 70.6 cm³/mol.